The third-order valence-electron chi connectivity index (χ3n) is 4.65. The molecule has 0 fully saturated rings. The minimum Gasteiger partial charge on any atom is -0.512 e. The van der Waals surface area contributed by atoms with E-state index in [1.807, 2.05) is 6.92 Å². The molecule has 0 heterocycles. The third-order valence-corrected chi connectivity index (χ3v) is 4.65. The van der Waals surface area contributed by atoms with Gasteiger partial charge >= 0.3 is 0 Å². The predicted molar refractivity (Wildman–Crippen MR) is 83.4 cm³/mol. The summed E-state index contributed by atoms with van der Waals surface area (Å²) in [5.74, 6) is 0.357. The molecule has 0 aromatic carbocycles. The number of hydrogen-bond acceptors (Lipinski definition) is 3. The van der Waals surface area contributed by atoms with Gasteiger partial charge in [0.1, 0.15) is 11.5 Å². The zero-order valence-electron chi connectivity index (χ0n) is 12.7. The van der Waals surface area contributed by atoms with Crippen LogP contribution in [0, 0.1) is 35.0 Å². The van der Waals surface area contributed by atoms with Crippen molar-refractivity contribution in [2.24, 2.45) is 23.7 Å². The Hall–Kier alpha value is -1.95. The molecule has 0 aromatic heterocycles. The average molecular weight is 285 g/mol. The Bertz CT molecular complexity index is 562. The van der Waals surface area contributed by atoms with Gasteiger partial charge in [0.15, 0.2) is 0 Å². The summed E-state index contributed by atoms with van der Waals surface area (Å²) in [6.07, 6.45) is 7.69. The maximum atomic E-state index is 10.4. The molecule has 3 nitrogen and oxygen atoms in total. The largest absolute Gasteiger partial charge is 0.512 e. The normalized spacial score (nSPS) is 32.5. The van der Waals surface area contributed by atoms with Crippen LogP contribution in [0.5, 0.6) is 0 Å². The van der Waals surface area contributed by atoms with Gasteiger partial charge in [0, 0.05) is 24.3 Å². The van der Waals surface area contributed by atoms with Crippen molar-refractivity contribution >= 4 is 0 Å². The summed E-state index contributed by atoms with van der Waals surface area (Å²) >= 11 is 0. The van der Waals surface area contributed by atoms with Crippen LogP contribution in [-0.2, 0) is 0 Å². The average Bonchev–Trinajstić information content (AvgIpc) is 2.37. The van der Waals surface area contributed by atoms with Crippen LogP contribution in [-0.4, -0.2) is 10.2 Å². The number of rotatable bonds is 3. The van der Waals surface area contributed by atoms with Crippen molar-refractivity contribution < 1.29 is 10.2 Å². The summed E-state index contributed by atoms with van der Waals surface area (Å²) in [6.45, 7) is 8.24. The zero-order valence-corrected chi connectivity index (χ0v) is 12.7. The standard InChI is InChI=1S/C18H23NO2/c1-11(2)15-5-4-12(3)8-16(15)18-13(6-7-19)9-14(20)10-17(18)21/h8-10,13,15-16,18,20-21H,1,4-6H2,2-3H3/t13?,15-,16+,18?/m0/s1. The van der Waals surface area contributed by atoms with Crippen molar-refractivity contribution in [3.63, 3.8) is 0 Å². The Labute approximate surface area is 126 Å². The molecule has 2 unspecified atom stereocenters. The highest BCUT2D eigenvalue weighted by atomic mass is 16.3. The Balaban J connectivity index is 2.40. The second-order valence-corrected chi connectivity index (χ2v) is 6.29. The van der Waals surface area contributed by atoms with Crippen molar-refractivity contribution in [3.05, 3.63) is 47.5 Å². The molecule has 0 aliphatic heterocycles. The molecule has 2 N–H and O–H groups in total. The molecular weight excluding hydrogens is 262 g/mol. The molecular formula is C18H23NO2. The van der Waals surface area contributed by atoms with Gasteiger partial charge in [0.05, 0.1) is 6.07 Å². The molecule has 0 saturated heterocycles. The molecule has 2 aliphatic carbocycles. The third kappa shape index (κ3) is 3.21. The SMILES string of the molecule is C=C(C)[C@@H]1CCC(C)=C[C@H]1C1C(O)=CC(O)=CC1CC#N. The molecule has 0 amide bonds. The number of aliphatic hydroxyl groups is 2. The van der Waals surface area contributed by atoms with Crippen LogP contribution in [0.1, 0.15) is 33.1 Å². The van der Waals surface area contributed by atoms with E-state index in [1.54, 1.807) is 6.08 Å². The van der Waals surface area contributed by atoms with E-state index >= 15 is 0 Å². The molecule has 0 spiro atoms. The van der Waals surface area contributed by atoms with E-state index in [1.165, 1.54) is 11.6 Å². The molecule has 21 heavy (non-hydrogen) atoms. The fourth-order valence-electron chi connectivity index (χ4n) is 3.64. The molecule has 0 bridgehead atoms. The Morgan fingerprint density at radius 3 is 2.76 bits per heavy atom. The number of aliphatic hydroxyl groups excluding tert-OH is 2. The van der Waals surface area contributed by atoms with E-state index < -0.39 is 0 Å². The van der Waals surface area contributed by atoms with Gasteiger partial charge in [-0.25, -0.2) is 0 Å². The first-order chi connectivity index (χ1) is 9.93. The maximum absolute atomic E-state index is 10.4. The lowest BCUT2D eigenvalue weighted by atomic mass is 9.65. The quantitative estimate of drug-likeness (QED) is 0.746. The Kier molecular flexibility index (Phi) is 4.57. The first-order valence-electron chi connectivity index (χ1n) is 7.45. The second-order valence-electron chi connectivity index (χ2n) is 6.29. The molecule has 2 aliphatic rings. The molecule has 3 heteroatoms. The Morgan fingerprint density at radius 1 is 1.43 bits per heavy atom. The molecule has 112 valence electrons. The smallest absolute Gasteiger partial charge is 0.115 e. The maximum Gasteiger partial charge on any atom is 0.115 e. The lowest BCUT2D eigenvalue weighted by Crippen LogP contribution is -2.33. The van der Waals surface area contributed by atoms with E-state index in [9.17, 15) is 10.2 Å². The van der Waals surface area contributed by atoms with Crippen molar-refractivity contribution in [2.45, 2.75) is 33.1 Å². The van der Waals surface area contributed by atoms with Gasteiger partial charge in [-0.05, 0) is 44.6 Å². The monoisotopic (exact) mass is 285 g/mol. The molecule has 0 aromatic rings. The molecule has 0 saturated carbocycles. The fraction of sp³-hybridized carbons (Fsp3) is 0.500. The van der Waals surface area contributed by atoms with Crippen molar-refractivity contribution in [1.82, 2.24) is 0 Å². The first kappa shape index (κ1) is 15.4. The summed E-state index contributed by atoms with van der Waals surface area (Å²) in [5.41, 5.74) is 2.44. The minimum absolute atomic E-state index is 0.0485. The van der Waals surface area contributed by atoms with Crippen LogP contribution in [0.25, 0.3) is 0 Å². The van der Waals surface area contributed by atoms with Gasteiger partial charge < -0.3 is 10.2 Å². The Morgan fingerprint density at radius 2 is 2.14 bits per heavy atom. The predicted octanol–water partition coefficient (Wildman–Crippen LogP) is 4.58. The lowest BCUT2D eigenvalue weighted by Gasteiger charge is -2.39. The topological polar surface area (TPSA) is 64.2 Å². The van der Waals surface area contributed by atoms with Gasteiger partial charge in [0.2, 0.25) is 0 Å². The van der Waals surface area contributed by atoms with E-state index in [0.717, 1.165) is 18.4 Å². The van der Waals surface area contributed by atoms with Crippen LogP contribution in [0.4, 0.5) is 0 Å². The van der Waals surface area contributed by atoms with Crippen LogP contribution >= 0.6 is 0 Å². The summed E-state index contributed by atoms with van der Waals surface area (Å²) in [7, 11) is 0. The highest BCUT2D eigenvalue weighted by molar-refractivity contribution is 5.28. The van der Waals surface area contributed by atoms with Gasteiger partial charge in [-0.1, -0.05) is 23.8 Å². The highest BCUT2D eigenvalue weighted by Crippen LogP contribution is 2.45. The molecule has 2 rings (SSSR count). The molecule has 4 atom stereocenters. The zero-order chi connectivity index (χ0) is 15.6. The number of allylic oxidation sites excluding steroid dienone is 6. The van der Waals surface area contributed by atoms with E-state index in [4.69, 9.17) is 5.26 Å². The van der Waals surface area contributed by atoms with Gasteiger partial charge in [-0.3, -0.25) is 0 Å². The fourth-order valence-corrected chi connectivity index (χ4v) is 3.64. The van der Waals surface area contributed by atoms with Crippen molar-refractivity contribution in [1.29, 1.82) is 5.26 Å². The minimum atomic E-state index is -0.158. The van der Waals surface area contributed by atoms with Crippen molar-refractivity contribution in [2.75, 3.05) is 0 Å². The number of nitrogens with zero attached hydrogens (tertiary/aromatic N) is 1. The number of nitriles is 1. The van der Waals surface area contributed by atoms with Gasteiger partial charge in [-0.2, -0.15) is 5.26 Å². The van der Waals surface area contributed by atoms with Gasteiger partial charge in [-0.15, -0.1) is 0 Å². The number of hydrogen-bond donors (Lipinski definition) is 2. The lowest BCUT2D eigenvalue weighted by molar-refractivity contribution is 0.187. The summed E-state index contributed by atoms with van der Waals surface area (Å²) in [5, 5.41) is 29.1. The van der Waals surface area contributed by atoms with E-state index in [0.29, 0.717) is 12.3 Å². The first-order valence-corrected chi connectivity index (χ1v) is 7.45. The van der Waals surface area contributed by atoms with E-state index in [-0.39, 0.29) is 29.3 Å². The summed E-state index contributed by atoms with van der Waals surface area (Å²) < 4.78 is 0. The summed E-state index contributed by atoms with van der Waals surface area (Å²) in [4.78, 5) is 0. The highest BCUT2D eigenvalue weighted by Gasteiger charge is 2.38. The van der Waals surface area contributed by atoms with Crippen LogP contribution < -0.4 is 0 Å². The van der Waals surface area contributed by atoms with Crippen LogP contribution in [0.2, 0.25) is 0 Å². The second kappa shape index (κ2) is 6.22. The van der Waals surface area contributed by atoms with Crippen LogP contribution in [0.3, 0.4) is 0 Å². The van der Waals surface area contributed by atoms with Crippen molar-refractivity contribution in [3.8, 4) is 6.07 Å². The summed E-state index contributed by atoms with van der Waals surface area (Å²) in [6, 6.07) is 2.17. The van der Waals surface area contributed by atoms with Gasteiger partial charge in [0.25, 0.3) is 0 Å². The molecule has 0 radical (unpaired) electrons. The van der Waals surface area contributed by atoms with E-state index in [2.05, 4.69) is 25.6 Å². The van der Waals surface area contributed by atoms with Crippen LogP contribution in [0.15, 0.2) is 47.5 Å².